The van der Waals surface area contributed by atoms with Gasteiger partial charge in [0.05, 0.1) is 0 Å². The number of nitrogens with zero attached hydrogens (tertiary/aromatic N) is 2. The first-order valence-corrected chi connectivity index (χ1v) is 7.27. The van der Waals surface area contributed by atoms with Crippen LogP contribution >= 0.6 is 15.9 Å². The minimum absolute atomic E-state index is 0.0994. The summed E-state index contributed by atoms with van der Waals surface area (Å²) in [5, 5.41) is 6.86. The van der Waals surface area contributed by atoms with Crippen LogP contribution in [-0.4, -0.2) is 38.9 Å². The van der Waals surface area contributed by atoms with E-state index in [0.717, 1.165) is 18.2 Å². The highest BCUT2D eigenvalue weighted by molar-refractivity contribution is 9.09. The molecule has 0 unspecified atom stereocenters. The van der Waals surface area contributed by atoms with Crippen molar-refractivity contribution in [1.29, 1.82) is 0 Å². The standard InChI is InChI=1S/C12H16BrN3O2/c13-7-8-16(9-3-1-2-4-9)12(18)10-5-6-11(17)15-14-10/h5-6,9H,1-4,7-8H2,(H,15,17). The lowest BCUT2D eigenvalue weighted by Gasteiger charge is -2.27. The molecule has 0 aromatic carbocycles. The summed E-state index contributed by atoms with van der Waals surface area (Å²) >= 11 is 3.38. The molecular formula is C12H16BrN3O2. The van der Waals surface area contributed by atoms with E-state index in [1.807, 2.05) is 4.90 Å². The Morgan fingerprint density at radius 3 is 2.72 bits per heavy atom. The smallest absolute Gasteiger partial charge is 0.274 e. The van der Waals surface area contributed by atoms with Crippen LogP contribution in [0.1, 0.15) is 36.2 Å². The van der Waals surface area contributed by atoms with E-state index in [0.29, 0.717) is 18.3 Å². The van der Waals surface area contributed by atoms with Crippen molar-refractivity contribution in [1.82, 2.24) is 15.1 Å². The summed E-state index contributed by atoms with van der Waals surface area (Å²) in [6.07, 6.45) is 4.47. The van der Waals surface area contributed by atoms with Crippen molar-refractivity contribution in [3.8, 4) is 0 Å². The van der Waals surface area contributed by atoms with Gasteiger partial charge in [-0.05, 0) is 18.9 Å². The summed E-state index contributed by atoms with van der Waals surface area (Å²) in [4.78, 5) is 25.2. The van der Waals surface area contributed by atoms with Gasteiger partial charge in [0.25, 0.3) is 11.5 Å². The zero-order valence-electron chi connectivity index (χ0n) is 10.1. The Morgan fingerprint density at radius 2 is 2.17 bits per heavy atom. The van der Waals surface area contributed by atoms with Crippen molar-refractivity contribution < 1.29 is 4.79 Å². The van der Waals surface area contributed by atoms with Gasteiger partial charge in [0.15, 0.2) is 0 Å². The lowest BCUT2D eigenvalue weighted by molar-refractivity contribution is 0.0689. The minimum Gasteiger partial charge on any atom is -0.333 e. The summed E-state index contributed by atoms with van der Waals surface area (Å²) in [6, 6.07) is 3.13. The number of aromatic amines is 1. The van der Waals surface area contributed by atoms with E-state index in [1.165, 1.54) is 25.0 Å². The van der Waals surface area contributed by atoms with Gasteiger partial charge in [-0.25, -0.2) is 5.10 Å². The number of rotatable bonds is 4. The molecule has 1 heterocycles. The third kappa shape index (κ3) is 2.98. The van der Waals surface area contributed by atoms with Gasteiger partial charge >= 0.3 is 0 Å². The van der Waals surface area contributed by atoms with Crippen molar-refractivity contribution in [2.75, 3.05) is 11.9 Å². The first-order valence-electron chi connectivity index (χ1n) is 6.15. The van der Waals surface area contributed by atoms with Crippen LogP contribution in [0.3, 0.4) is 0 Å². The summed E-state index contributed by atoms with van der Waals surface area (Å²) in [6.45, 7) is 0.671. The lowest BCUT2D eigenvalue weighted by atomic mass is 10.2. The molecule has 1 saturated carbocycles. The van der Waals surface area contributed by atoms with E-state index in [2.05, 4.69) is 26.1 Å². The molecule has 0 atom stereocenters. The van der Waals surface area contributed by atoms with E-state index in [9.17, 15) is 9.59 Å². The number of alkyl halides is 1. The van der Waals surface area contributed by atoms with Crippen LogP contribution in [0, 0.1) is 0 Å². The second kappa shape index (κ2) is 6.13. The first kappa shape index (κ1) is 13.3. The zero-order chi connectivity index (χ0) is 13.0. The highest BCUT2D eigenvalue weighted by Crippen LogP contribution is 2.24. The third-order valence-corrected chi connectivity index (χ3v) is 3.60. The normalized spacial score (nSPS) is 15.8. The first-order chi connectivity index (χ1) is 8.72. The number of halogens is 1. The Hall–Kier alpha value is -1.17. The van der Waals surface area contributed by atoms with E-state index in [-0.39, 0.29) is 11.5 Å². The average Bonchev–Trinajstić information content (AvgIpc) is 2.90. The Kier molecular flexibility index (Phi) is 4.52. The maximum Gasteiger partial charge on any atom is 0.274 e. The molecule has 0 radical (unpaired) electrons. The average molecular weight is 314 g/mol. The van der Waals surface area contributed by atoms with Gasteiger partial charge < -0.3 is 4.90 Å². The number of H-pyrrole nitrogens is 1. The molecule has 2 rings (SSSR count). The molecule has 1 aliphatic rings. The number of carbonyl (C=O) groups excluding carboxylic acids is 1. The number of aromatic nitrogens is 2. The summed E-state index contributed by atoms with van der Waals surface area (Å²) < 4.78 is 0. The molecule has 1 N–H and O–H groups in total. The Labute approximate surface area is 114 Å². The topological polar surface area (TPSA) is 66.1 Å². The van der Waals surface area contributed by atoms with E-state index >= 15 is 0 Å². The Balaban J connectivity index is 2.16. The van der Waals surface area contributed by atoms with E-state index < -0.39 is 0 Å². The van der Waals surface area contributed by atoms with Crippen molar-refractivity contribution in [2.45, 2.75) is 31.7 Å². The molecule has 1 amide bonds. The number of hydrogen-bond donors (Lipinski definition) is 1. The van der Waals surface area contributed by atoms with Gasteiger partial charge in [-0.1, -0.05) is 28.8 Å². The summed E-state index contributed by atoms with van der Waals surface area (Å²) in [5.74, 6) is -0.0994. The fourth-order valence-corrected chi connectivity index (χ4v) is 2.75. The molecule has 0 bridgehead atoms. The Morgan fingerprint density at radius 1 is 1.44 bits per heavy atom. The molecular weight excluding hydrogens is 298 g/mol. The predicted molar refractivity (Wildman–Crippen MR) is 71.9 cm³/mol. The zero-order valence-corrected chi connectivity index (χ0v) is 11.6. The fraction of sp³-hybridized carbons (Fsp3) is 0.583. The van der Waals surface area contributed by atoms with Gasteiger partial charge in [-0.2, -0.15) is 5.10 Å². The van der Waals surface area contributed by atoms with Gasteiger partial charge in [-0.3, -0.25) is 9.59 Å². The predicted octanol–water partition coefficient (Wildman–Crippen LogP) is 1.55. The molecule has 1 aromatic rings. The van der Waals surface area contributed by atoms with Crippen molar-refractivity contribution in [3.05, 3.63) is 28.2 Å². The molecule has 18 heavy (non-hydrogen) atoms. The van der Waals surface area contributed by atoms with Crippen LogP contribution in [0.2, 0.25) is 0 Å². The van der Waals surface area contributed by atoms with Crippen molar-refractivity contribution in [2.24, 2.45) is 0 Å². The van der Waals surface area contributed by atoms with Gasteiger partial charge in [0, 0.05) is 24.0 Å². The molecule has 0 spiro atoms. The van der Waals surface area contributed by atoms with Gasteiger partial charge in [0.1, 0.15) is 5.69 Å². The van der Waals surface area contributed by atoms with Gasteiger partial charge in [0.2, 0.25) is 0 Å². The summed E-state index contributed by atoms with van der Waals surface area (Å²) in [7, 11) is 0. The monoisotopic (exact) mass is 313 g/mol. The maximum atomic E-state index is 12.4. The van der Waals surface area contributed by atoms with Crippen LogP contribution in [0.25, 0.3) is 0 Å². The van der Waals surface area contributed by atoms with Gasteiger partial charge in [-0.15, -0.1) is 0 Å². The molecule has 1 fully saturated rings. The van der Waals surface area contributed by atoms with Crippen LogP contribution in [0.5, 0.6) is 0 Å². The van der Waals surface area contributed by atoms with Crippen LogP contribution in [-0.2, 0) is 0 Å². The SMILES string of the molecule is O=C(c1ccc(=O)[nH]n1)N(CCBr)C1CCCC1. The molecule has 1 aliphatic carbocycles. The van der Waals surface area contributed by atoms with Crippen molar-refractivity contribution >= 4 is 21.8 Å². The maximum absolute atomic E-state index is 12.4. The second-order valence-electron chi connectivity index (χ2n) is 4.43. The van der Waals surface area contributed by atoms with E-state index in [4.69, 9.17) is 0 Å². The number of amides is 1. The fourth-order valence-electron chi connectivity index (χ4n) is 2.37. The largest absolute Gasteiger partial charge is 0.333 e. The van der Waals surface area contributed by atoms with Crippen LogP contribution in [0.15, 0.2) is 16.9 Å². The quantitative estimate of drug-likeness (QED) is 0.858. The number of nitrogens with one attached hydrogen (secondary N) is 1. The second-order valence-corrected chi connectivity index (χ2v) is 5.23. The van der Waals surface area contributed by atoms with Crippen molar-refractivity contribution in [3.63, 3.8) is 0 Å². The molecule has 0 saturated heterocycles. The molecule has 0 aliphatic heterocycles. The van der Waals surface area contributed by atoms with Crippen LogP contribution < -0.4 is 5.56 Å². The van der Waals surface area contributed by atoms with Crippen LogP contribution in [0.4, 0.5) is 0 Å². The lowest BCUT2D eigenvalue weighted by Crippen LogP contribution is -2.40. The number of hydrogen-bond acceptors (Lipinski definition) is 3. The molecule has 6 heteroatoms. The molecule has 98 valence electrons. The third-order valence-electron chi connectivity index (χ3n) is 3.25. The Bertz CT molecular complexity index is 448. The molecule has 5 nitrogen and oxygen atoms in total. The molecule has 1 aromatic heterocycles. The highest BCUT2D eigenvalue weighted by atomic mass is 79.9. The summed E-state index contributed by atoms with van der Waals surface area (Å²) in [5.41, 5.74) is 0.0157. The highest BCUT2D eigenvalue weighted by Gasteiger charge is 2.27. The number of carbonyl (C=O) groups is 1. The van der Waals surface area contributed by atoms with E-state index in [1.54, 1.807) is 0 Å². The minimum atomic E-state index is -0.292.